The van der Waals surface area contributed by atoms with Gasteiger partial charge >= 0.3 is 19.8 Å². The summed E-state index contributed by atoms with van der Waals surface area (Å²) in [6.45, 7) is -1.02. The number of carbonyl (C=O) groups is 2. The third kappa shape index (κ3) is 3.33. The van der Waals surface area contributed by atoms with Crippen molar-refractivity contribution in [2.75, 3.05) is 13.7 Å². The maximum Gasteiger partial charge on any atom is 0.437 e. The first-order chi connectivity index (χ1) is 6.35. The van der Waals surface area contributed by atoms with Gasteiger partial charge in [0, 0.05) is 7.11 Å². The summed E-state index contributed by atoms with van der Waals surface area (Å²) in [4.78, 5) is 30.1. The van der Waals surface area contributed by atoms with Gasteiger partial charge in [0.15, 0.2) is 0 Å². The molecule has 2 N–H and O–H groups in total. The number of hydrogen-bond acceptors (Lipinski definition) is 5. The van der Waals surface area contributed by atoms with E-state index in [0.29, 0.717) is 0 Å². The molecular weight excluding hydrogens is 217 g/mol. The van der Waals surface area contributed by atoms with E-state index in [2.05, 4.69) is 16.4 Å². The molecule has 1 radical (unpaired) electrons. The number of carboxylic acid groups (broad SMARTS) is 1. The van der Waals surface area contributed by atoms with Crippen LogP contribution in [0.3, 0.4) is 0 Å². The van der Waals surface area contributed by atoms with Crippen LogP contribution in [0.15, 0.2) is 0 Å². The predicted octanol–water partition coefficient (Wildman–Crippen LogP) is 0.0480. The molecule has 0 aliphatic heterocycles. The standard InChI is InChI=1S/C5H9NO7P/c1-12-5(9)6(3-4(7)8)14(10,11)13-2/h1,3H2,2H3,(H,7,8)(H,10,11). The van der Waals surface area contributed by atoms with Gasteiger partial charge in [-0.05, 0) is 0 Å². The molecule has 9 heteroatoms. The zero-order chi connectivity index (χ0) is 11.4. The van der Waals surface area contributed by atoms with Crippen LogP contribution in [-0.4, -0.2) is 40.4 Å². The highest BCUT2D eigenvalue weighted by atomic mass is 31.2. The van der Waals surface area contributed by atoms with Gasteiger partial charge < -0.3 is 14.7 Å². The van der Waals surface area contributed by atoms with Crippen LogP contribution in [0.1, 0.15) is 0 Å². The van der Waals surface area contributed by atoms with Crippen LogP contribution in [0.4, 0.5) is 4.79 Å². The smallest absolute Gasteiger partial charge is 0.437 e. The molecule has 0 heterocycles. The van der Waals surface area contributed by atoms with E-state index in [9.17, 15) is 14.2 Å². The summed E-state index contributed by atoms with van der Waals surface area (Å²) >= 11 is 0. The molecule has 1 amide bonds. The van der Waals surface area contributed by atoms with Gasteiger partial charge in [0.05, 0.1) is 0 Å². The van der Waals surface area contributed by atoms with Crippen molar-refractivity contribution < 1.29 is 33.4 Å². The molecule has 14 heavy (non-hydrogen) atoms. The van der Waals surface area contributed by atoms with E-state index in [4.69, 9.17) is 10.00 Å². The largest absolute Gasteiger partial charge is 0.480 e. The van der Waals surface area contributed by atoms with Gasteiger partial charge in [-0.3, -0.25) is 9.32 Å². The molecule has 0 aromatic heterocycles. The van der Waals surface area contributed by atoms with E-state index in [1.54, 1.807) is 0 Å². The molecular formula is C5H9NO7P. The quantitative estimate of drug-likeness (QED) is 0.650. The molecule has 0 bridgehead atoms. The normalized spacial score (nSPS) is 14.2. The molecule has 1 atom stereocenters. The van der Waals surface area contributed by atoms with Crippen molar-refractivity contribution in [1.29, 1.82) is 0 Å². The van der Waals surface area contributed by atoms with Crippen molar-refractivity contribution in [3.8, 4) is 0 Å². The van der Waals surface area contributed by atoms with Gasteiger partial charge in [0.2, 0.25) is 0 Å². The molecule has 81 valence electrons. The van der Waals surface area contributed by atoms with Gasteiger partial charge in [0.25, 0.3) is 0 Å². The summed E-state index contributed by atoms with van der Waals surface area (Å²) in [5.74, 6) is -1.48. The van der Waals surface area contributed by atoms with Gasteiger partial charge in [-0.25, -0.2) is 14.0 Å². The van der Waals surface area contributed by atoms with Crippen LogP contribution in [0.2, 0.25) is 0 Å². The maximum absolute atomic E-state index is 11.1. The van der Waals surface area contributed by atoms with E-state index in [1.807, 2.05) is 0 Å². The first-order valence-electron chi connectivity index (χ1n) is 3.19. The Morgan fingerprint density at radius 2 is 2.07 bits per heavy atom. The number of nitrogens with zero attached hydrogens (tertiary/aromatic N) is 1. The number of carboxylic acids is 1. The lowest BCUT2D eigenvalue weighted by atomic mass is 10.7. The zero-order valence-corrected chi connectivity index (χ0v) is 8.14. The molecule has 1 unspecified atom stereocenters. The summed E-state index contributed by atoms with van der Waals surface area (Å²) in [5, 5.41) is 8.33. The molecule has 0 aromatic carbocycles. The maximum atomic E-state index is 11.1. The SMILES string of the molecule is [CH2]OC(=O)N(CC(=O)O)P(=O)(O)OC. The number of hydrogen-bond donors (Lipinski definition) is 2. The highest BCUT2D eigenvalue weighted by Crippen LogP contribution is 2.45. The number of aliphatic carboxylic acids is 1. The fraction of sp³-hybridized carbons (Fsp3) is 0.400. The van der Waals surface area contributed by atoms with Crippen molar-refractivity contribution in [2.24, 2.45) is 0 Å². The van der Waals surface area contributed by atoms with Crippen LogP contribution >= 0.6 is 7.75 Å². The van der Waals surface area contributed by atoms with Crippen LogP contribution < -0.4 is 0 Å². The van der Waals surface area contributed by atoms with Gasteiger partial charge in [-0.2, -0.15) is 0 Å². The van der Waals surface area contributed by atoms with E-state index in [1.165, 1.54) is 0 Å². The van der Waals surface area contributed by atoms with Crippen molar-refractivity contribution in [1.82, 2.24) is 4.67 Å². The Bertz CT molecular complexity index is 277. The van der Waals surface area contributed by atoms with Crippen molar-refractivity contribution >= 4 is 19.8 Å². The lowest BCUT2D eigenvalue weighted by Crippen LogP contribution is -2.32. The van der Waals surface area contributed by atoms with Crippen LogP contribution in [0.5, 0.6) is 0 Å². The second-order valence-electron chi connectivity index (χ2n) is 2.03. The minimum Gasteiger partial charge on any atom is -0.480 e. The predicted molar refractivity (Wildman–Crippen MR) is 43.0 cm³/mol. The van der Waals surface area contributed by atoms with Gasteiger partial charge in [-0.15, -0.1) is 0 Å². The molecule has 0 rings (SSSR count). The first-order valence-corrected chi connectivity index (χ1v) is 4.72. The Morgan fingerprint density at radius 3 is 2.36 bits per heavy atom. The highest BCUT2D eigenvalue weighted by molar-refractivity contribution is 7.51. The second-order valence-corrected chi connectivity index (χ2v) is 3.86. The summed E-state index contributed by atoms with van der Waals surface area (Å²) in [6.07, 6.45) is -1.36. The van der Waals surface area contributed by atoms with Crippen molar-refractivity contribution in [2.45, 2.75) is 0 Å². The van der Waals surface area contributed by atoms with E-state index in [-0.39, 0.29) is 4.67 Å². The van der Waals surface area contributed by atoms with Crippen molar-refractivity contribution in [3.05, 3.63) is 7.11 Å². The molecule has 0 saturated carbocycles. The third-order valence-electron chi connectivity index (χ3n) is 1.16. The van der Waals surface area contributed by atoms with E-state index < -0.39 is 26.4 Å². The Hall–Kier alpha value is -1.11. The van der Waals surface area contributed by atoms with Gasteiger partial charge in [-0.1, -0.05) is 0 Å². The summed E-state index contributed by atoms with van der Waals surface area (Å²) in [5.41, 5.74) is 0. The molecule has 0 aliphatic carbocycles. The summed E-state index contributed by atoms with van der Waals surface area (Å²) < 4.78 is 19.0. The van der Waals surface area contributed by atoms with Crippen LogP contribution in [0, 0.1) is 7.11 Å². The molecule has 8 nitrogen and oxygen atoms in total. The number of ether oxygens (including phenoxy) is 1. The average Bonchev–Trinajstić information content (AvgIpc) is 2.12. The Kier molecular flexibility index (Phi) is 4.55. The number of rotatable bonds is 4. The summed E-state index contributed by atoms with van der Waals surface area (Å²) in [6, 6.07) is 0. The van der Waals surface area contributed by atoms with Crippen LogP contribution in [0.25, 0.3) is 0 Å². The molecule has 0 aliphatic rings. The minimum absolute atomic E-state index is 0.0301. The number of amides is 1. The Morgan fingerprint density at radius 1 is 1.57 bits per heavy atom. The van der Waals surface area contributed by atoms with E-state index >= 15 is 0 Å². The Balaban J connectivity index is 4.81. The van der Waals surface area contributed by atoms with Gasteiger partial charge in [0.1, 0.15) is 13.7 Å². The topological polar surface area (TPSA) is 113 Å². The fourth-order valence-electron chi connectivity index (χ4n) is 0.558. The average molecular weight is 226 g/mol. The monoisotopic (exact) mass is 226 g/mol. The lowest BCUT2D eigenvalue weighted by Gasteiger charge is -2.21. The summed E-state index contributed by atoms with van der Waals surface area (Å²) in [7, 11) is -0.929. The first kappa shape index (κ1) is 12.9. The second kappa shape index (κ2) is 4.94. The molecule has 0 fully saturated rings. The third-order valence-corrected chi connectivity index (χ3v) is 2.55. The minimum atomic E-state index is -4.47. The molecule has 0 saturated heterocycles. The van der Waals surface area contributed by atoms with E-state index in [0.717, 1.165) is 7.11 Å². The number of carbonyl (C=O) groups excluding carboxylic acids is 1. The van der Waals surface area contributed by atoms with Crippen molar-refractivity contribution in [3.63, 3.8) is 0 Å². The molecule has 0 spiro atoms. The molecule has 0 aromatic rings. The zero-order valence-electron chi connectivity index (χ0n) is 7.24. The highest BCUT2D eigenvalue weighted by Gasteiger charge is 2.35. The lowest BCUT2D eigenvalue weighted by molar-refractivity contribution is -0.137. The van der Waals surface area contributed by atoms with Crippen LogP contribution in [-0.2, 0) is 18.6 Å². The Labute approximate surface area is 79.6 Å². The fourth-order valence-corrected chi connectivity index (χ4v) is 1.32.